The van der Waals surface area contributed by atoms with Gasteiger partial charge in [0.05, 0.1) is 10.3 Å². The van der Waals surface area contributed by atoms with E-state index in [-0.39, 0.29) is 6.10 Å². The maximum atomic E-state index is 10.2. The van der Waals surface area contributed by atoms with Crippen LogP contribution in [0.2, 0.25) is 0 Å². The Bertz CT molecular complexity index is 431. The predicted molar refractivity (Wildman–Crippen MR) is 86.7 cm³/mol. The predicted octanol–water partition coefficient (Wildman–Crippen LogP) is 2.72. The first-order valence-corrected chi connectivity index (χ1v) is 9.36. The summed E-state index contributed by atoms with van der Waals surface area (Å²) in [6.45, 7) is 6.13. The summed E-state index contributed by atoms with van der Waals surface area (Å²) in [4.78, 5) is 2.38. The quantitative estimate of drug-likeness (QED) is 0.876. The molecule has 2 N–H and O–H groups in total. The lowest BCUT2D eigenvalue weighted by molar-refractivity contribution is 0.120. The summed E-state index contributed by atoms with van der Waals surface area (Å²) in [6.07, 6.45) is 3.48. The summed E-state index contributed by atoms with van der Waals surface area (Å²) in [5, 5.41) is 16.6. The lowest BCUT2D eigenvalue weighted by Gasteiger charge is -2.29. The highest BCUT2D eigenvalue weighted by atomic mass is 32.2. The van der Waals surface area contributed by atoms with Gasteiger partial charge < -0.3 is 15.3 Å². The van der Waals surface area contributed by atoms with E-state index in [9.17, 15) is 5.11 Å². The topological polar surface area (TPSA) is 35.5 Å². The Balaban J connectivity index is 1.51. The van der Waals surface area contributed by atoms with Gasteiger partial charge in [-0.25, -0.2) is 0 Å². The second kappa shape index (κ2) is 6.79. The van der Waals surface area contributed by atoms with E-state index in [1.54, 1.807) is 0 Å². The van der Waals surface area contributed by atoms with Crippen LogP contribution in [0.15, 0.2) is 15.7 Å². The van der Waals surface area contributed by atoms with Crippen LogP contribution in [0.1, 0.15) is 37.8 Å². The monoisotopic (exact) mass is 312 g/mol. The van der Waals surface area contributed by atoms with Crippen LogP contribution in [0.5, 0.6) is 0 Å². The van der Waals surface area contributed by atoms with Crippen molar-refractivity contribution in [1.29, 1.82) is 0 Å². The van der Waals surface area contributed by atoms with E-state index < -0.39 is 0 Å². The van der Waals surface area contributed by atoms with Gasteiger partial charge in [0, 0.05) is 24.4 Å². The molecule has 112 valence electrons. The third-order valence-corrected chi connectivity index (χ3v) is 6.52. The molecule has 3 heterocycles. The molecule has 0 aromatic carbocycles. The molecular formula is C15H24N2OS2. The summed E-state index contributed by atoms with van der Waals surface area (Å²) in [7, 11) is 0. The summed E-state index contributed by atoms with van der Waals surface area (Å²) in [5.41, 5.74) is 1.44. The fraction of sp³-hybridized carbons (Fsp3) is 0.733. The van der Waals surface area contributed by atoms with Crippen LogP contribution in [0, 0.1) is 0 Å². The number of β-amino-alcohol motifs (C(OH)–C–C–N with tert-alkyl or cyclic N) is 1. The lowest BCUT2D eigenvalue weighted by atomic mass is 10.0. The first-order valence-electron chi connectivity index (χ1n) is 7.60. The van der Waals surface area contributed by atoms with Crippen LogP contribution in [-0.2, 0) is 0 Å². The highest BCUT2D eigenvalue weighted by molar-refractivity contribution is 8.01. The molecule has 1 saturated heterocycles. The van der Waals surface area contributed by atoms with Gasteiger partial charge in [-0.1, -0.05) is 6.92 Å². The van der Waals surface area contributed by atoms with E-state index >= 15 is 0 Å². The second-order valence-corrected chi connectivity index (χ2v) is 8.57. The van der Waals surface area contributed by atoms with Crippen LogP contribution < -0.4 is 5.32 Å². The molecule has 0 radical (unpaired) electrons. The van der Waals surface area contributed by atoms with E-state index in [0.717, 1.165) is 26.1 Å². The van der Waals surface area contributed by atoms with E-state index in [1.165, 1.54) is 22.6 Å². The number of thiophene rings is 1. The number of nitrogens with zero attached hydrogens (tertiary/aromatic N) is 1. The molecule has 1 fully saturated rings. The molecule has 3 atom stereocenters. The summed E-state index contributed by atoms with van der Waals surface area (Å²) in [5.74, 6) is 0. The number of thioether (sulfide) groups is 1. The van der Waals surface area contributed by atoms with E-state index in [4.69, 9.17) is 0 Å². The molecule has 0 spiro atoms. The van der Waals surface area contributed by atoms with Crippen molar-refractivity contribution in [3.63, 3.8) is 0 Å². The fourth-order valence-electron chi connectivity index (χ4n) is 3.15. The Kier molecular flexibility index (Phi) is 5.04. The third-order valence-electron chi connectivity index (χ3n) is 4.18. The first kappa shape index (κ1) is 14.9. The third kappa shape index (κ3) is 3.57. The highest BCUT2D eigenvalue weighted by Gasteiger charge is 2.26. The van der Waals surface area contributed by atoms with Crippen molar-refractivity contribution in [3.05, 3.63) is 17.0 Å². The lowest BCUT2D eigenvalue weighted by Crippen LogP contribution is -2.39. The average Bonchev–Trinajstić information content (AvgIpc) is 3.06. The van der Waals surface area contributed by atoms with Crippen molar-refractivity contribution in [1.82, 2.24) is 10.2 Å². The number of hydrogen-bond donors (Lipinski definition) is 2. The van der Waals surface area contributed by atoms with Crippen molar-refractivity contribution in [3.8, 4) is 0 Å². The maximum Gasteiger partial charge on any atom is 0.0791 e. The minimum absolute atomic E-state index is 0.250. The Morgan fingerprint density at radius 3 is 3.05 bits per heavy atom. The number of fused-ring (bicyclic) bond motifs is 1. The van der Waals surface area contributed by atoms with Crippen LogP contribution in [0.4, 0.5) is 0 Å². The molecule has 2 unspecified atom stereocenters. The Morgan fingerprint density at radius 1 is 1.45 bits per heavy atom. The van der Waals surface area contributed by atoms with Gasteiger partial charge in [-0.2, -0.15) is 0 Å². The number of aliphatic hydroxyl groups is 1. The number of aliphatic hydroxyl groups excluding tert-OH is 1. The summed E-state index contributed by atoms with van der Waals surface area (Å²) < 4.78 is 1.45. The molecule has 2 aliphatic heterocycles. The number of likely N-dealkylation sites (tertiary alicyclic amines) is 1. The number of nitrogens with one attached hydrogen (secondary N) is 1. The van der Waals surface area contributed by atoms with Crippen LogP contribution in [-0.4, -0.2) is 47.5 Å². The van der Waals surface area contributed by atoms with Gasteiger partial charge in [0.15, 0.2) is 0 Å². The Labute approximate surface area is 129 Å². The van der Waals surface area contributed by atoms with Crippen molar-refractivity contribution in [2.75, 3.05) is 26.2 Å². The van der Waals surface area contributed by atoms with Gasteiger partial charge in [-0.15, -0.1) is 23.1 Å². The fourth-order valence-corrected chi connectivity index (χ4v) is 5.72. The van der Waals surface area contributed by atoms with Crippen molar-refractivity contribution in [2.45, 2.75) is 47.8 Å². The minimum Gasteiger partial charge on any atom is -0.390 e. The van der Waals surface area contributed by atoms with Gasteiger partial charge >= 0.3 is 0 Å². The molecule has 2 aliphatic rings. The standard InChI is InChI=1S/C15H24N2OS2/c1-11-8-14(13-4-7-19-15(13)20-11)16-9-12(18)10-17-5-2-3-6-17/h4,7,11-12,14,16,18H,2-3,5-6,8-10H2,1H3/t11-,12?,14?/m0/s1. The largest absolute Gasteiger partial charge is 0.390 e. The van der Waals surface area contributed by atoms with Crippen molar-refractivity contribution >= 4 is 23.1 Å². The smallest absolute Gasteiger partial charge is 0.0791 e. The molecule has 1 aromatic heterocycles. The average molecular weight is 313 g/mol. The van der Waals surface area contributed by atoms with Crippen molar-refractivity contribution < 1.29 is 5.11 Å². The van der Waals surface area contributed by atoms with E-state index in [0.29, 0.717) is 17.8 Å². The normalized spacial score (nSPS) is 28.5. The number of rotatable bonds is 5. The van der Waals surface area contributed by atoms with E-state index in [1.807, 2.05) is 23.1 Å². The zero-order chi connectivity index (χ0) is 13.9. The van der Waals surface area contributed by atoms with Gasteiger partial charge in [0.1, 0.15) is 0 Å². The Hall–Kier alpha value is -0.0700. The molecule has 0 aliphatic carbocycles. The molecule has 0 amide bonds. The van der Waals surface area contributed by atoms with Crippen LogP contribution >= 0.6 is 23.1 Å². The van der Waals surface area contributed by atoms with Gasteiger partial charge in [0.2, 0.25) is 0 Å². The van der Waals surface area contributed by atoms with Crippen molar-refractivity contribution in [2.24, 2.45) is 0 Å². The molecule has 20 heavy (non-hydrogen) atoms. The van der Waals surface area contributed by atoms with Gasteiger partial charge in [-0.05, 0) is 49.4 Å². The van der Waals surface area contributed by atoms with Gasteiger partial charge in [-0.3, -0.25) is 0 Å². The first-order chi connectivity index (χ1) is 9.72. The molecular weight excluding hydrogens is 288 g/mol. The van der Waals surface area contributed by atoms with Crippen LogP contribution in [0.25, 0.3) is 0 Å². The summed E-state index contributed by atoms with van der Waals surface area (Å²) in [6, 6.07) is 2.66. The molecule has 3 rings (SSSR count). The van der Waals surface area contributed by atoms with E-state index in [2.05, 4.69) is 28.6 Å². The zero-order valence-electron chi connectivity index (χ0n) is 12.0. The zero-order valence-corrected chi connectivity index (χ0v) is 13.7. The second-order valence-electron chi connectivity index (χ2n) is 5.95. The molecule has 3 nitrogen and oxygen atoms in total. The SMILES string of the molecule is C[C@H]1CC(NCC(O)CN2CCCC2)c2ccsc2S1. The minimum atomic E-state index is -0.250. The molecule has 0 bridgehead atoms. The molecule has 0 saturated carbocycles. The summed E-state index contributed by atoms with van der Waals surface area (Å²) >= 11 is 3.84. The number of hydrogen-bond acceptors (Lipinski definition) is 5. The Morgan fingerprint density at radius 2 is 2.25 bits per heavy atom. The van der Waals surface area contributed by atoms with Crippen LogP contribution in [0.3, 0.4) is 0 Å². The highest BCUT2D eigenvalue weighted by Crippen LogP contribution is 2.43. The maximum absolute atomic E-state index is 10.2. The molecule has 1 aromatic rings. The van der Waals surface area contributed by atoms with Gasteiger partial charge in [0.25, 0.3) is 0 Å². The molecule has 5 heteroatoms.